The highest BCUT2D eigenvalue weighted by molar-refractivity contribution is 7.10. The number of hydrogen-bond acceptors (Lipinski definition) is 5. The van der Waals surface area contributed by atoms with E-state index in [1.807, 2.05) is 24.4 Å². The molecular formula is C10H13N5OS. The molecule has 0 aliphatic carbocycles. The van der Waals surface area contributed by atoms with Crippen LogP contribution in [0.1, 0.15) is 23.7 Å². The lowest BCUT2D eigenvalue weighted by Gasteiger charge is -2.11. The summed E-state index contributed by atoms with van der Waals surface area (Å²) in [5.41, 5.74) is 0. The molecule has 0 saturated heterocycles. The molecule has 1 N–H and O–H groups in total. The Morgan fingerprint density at radius 3 is 3.06 bits per heavy atom. The van der Waals surface area contributed by atoms with Crippen LogP contribution in [0.25, 0.3) is 0 Å². The van der Waals surface area contributed by atoms with Crippen molar-refractivity contribution < 1.29 is 4.79 Å². The SMILES string of the molecule is Cc1nnnn1CC(=O)N[C@H](C)c1cccs1. The van der Waals surface area contributed by atoms with Crippen molar-refractivity contribution in [3.63, 3.8) is 0 Å². The van der Waals surface area contributed by atoms with Gasteiger partial charge in [0.25, 0.3) is 0 Å². The molecule has 2 aromatic heterocycles. The summed E-state index contributed by atoms with van der Waals surface area (Å²) in [4.78, 5) is 12.9. The van der Waals surface area contributed by atoms with Crippen molar-refractivity contribution in [3.8, 4) is 0 Å². The van der Waals surface area contributed by atoms with Crippen LogP contribution >= 0.6 is 11.3 Å². The Hall–Kier alpha value is -1.76. The molecule has 0 aromatic carbocycles. The van der Waals surface area contributed by atoms with E-state index in [1.165, 1.54) is 4.68 Å². The van der Waals surface area contributed by atoms with Crippen LogP contribution in [-0.4, -0.2) is 26.1 Å². The average molecular weight is 251 g/mol. The van der Waals surface area contributed by atoms with Gasteiger partial charge in [-0.2, -0.15) is 0 Å². The summed E-state index contributed by atoms with van der Waals surface area (Å²) < 4.78 is 1.47. The number of rotatable bonds is 4. The highest BCUT2D eigenvalue weighted by Gasteiger charge is 2.12. The molecule has 90 valence electrons. The number of nitrogens with one attached hydrogen (secondary N) is 1. The molecule has 0 aliphatic heterocycles. The lowest BCUT2D eigenvalue weighted by atomic mass is 10.3. The Balaban J connectivity index is 1.92. The van der Waals surface area contributed by atoms with Gasteiger partial charge in [-0.25, -0.2) is 4.68 Å². The number of hydrogen-bond donors (Lipinski definition) is 1. The Bertz CT molecular complexity index is 493. The monoisotopic (exact) mass is 251 g/mol. The fourth-order valence-corrected chi connectivity index (χ4v) is 2.16. The van der Waals surface area contributed by atoms with Crippen LogP contribution in [0.3, 0.4) is 0 Å². The molecule has 0 fully saturated rings. The number of carbonyl (C=O) groups excluding carboxylic acids is 1. The first-order valence-electron chi connectivity index (χ1n) is 5.22. The molecule has 0 radical (unpaired) electrons. The molecule has 0 unspecified atom stereocenters. The van der Waals surface area contributed by atoms with Gasteiger partial charge in [0.2, 0.25) is 5.91 Å². The molecule has 0 aliphatic rings. The molecule has 2 aromatic rings. The fourth-order valence-electron chi connectivity index (χ4n) is 1.43. The molecule has 0 saturated carbocycles. The summed E-state index contributed by atoms with van der Waals surface area (Å²) >= 11 is 1.62. The maximum atomic E-state index is 11.7. The zero-order valence-corrected chi connectivity index (χ0v) is 10.4. The van der Waals surface area contributed by atoms with E-state index in [4.69, 9.17) is 0 Å². The molecule has 0 bridgehead atoms. The van der Waals surface area contributed by atoms with Gasteiger partial charge < -0.3 is 5.32 Å². The minimum Gasteiger partial charge on any atom is -0.347 e. The molecule has 0 spiro atoms. The number of tetrazole rings is 1. The van der Waals surface area contributed by atoms with Crippen LogP contribution in [0, 0.1) is 6.92 Å². The van der Waals surface area contributed by atoms with Crippen molar-refractivity contribution in [3.05, 3.63) is 28.2 Å². The largest absolute Gasteiger partial charge is 0.347 e. The third kappa shape index (κ3) is 2.88. The first kappa shape index (κ1) is 11.7. The number of aryl methyl sites for hydroxylation is 1. The van der Waals surface area contributed by atoms with Crippen LogP contribution in [-0.2, 0) is 11.3 Å². The standard InChI is InChI=1S/C10H13N5OS/c1-7(9-4-3-5-17-9)11-10(16)6-15-8(2)12-13-14-15/h3-5,7H,6H2,1-2H3,(H,11,16)/t7-/m1/s1. The molecule has 1 atom stereocenters. The second-order valence-electron chi connectivity index (χ2n) is 3.69. The highest BCUT2D eigenvalue weighted by atomic mass is 32.1. The predicted molar refractivity (Wildman–Crippen MR) is 63.4 cm³/mol. The third-order valence-electron chi connectivity index (χ3n) is 2.35. The van der Waals surface area contributed by atoms with Crippen LogP contribution in [0.4, 0.5) is 0 Å². The summed E-state index contributed by atoms with van der Waals surface area (Å²) in [6, 6.07) is 3.98. The van der Waals surface area contributed by atoms with E-state index < -0.39 is 0 Å². The predicted octanol–water partition coefficient (Wildman–Crippen LogP) is 0.920. The summed E-state index contributed by atoms with van der Waals surface area (Å²) in [5.74, 6) is 0.533. The van der Waals surface area contributed by atoms with Crippen molar-refractivity contribution in [2.24, 2.45) is 0 Å². The van der Waals surface area contributed by atoms with Crippen molar-refractivity contribution in [2.45, 2.75) is 26.4 Å². The number of nitrogens with zero attached hydrogens (tertiary/aromatic N) is 4. The Morgan fingerprint density at radius 1 is 1.65 bits per heavy atom. The Labute approximate surface area is 103 Å². The van der Waals surface area contributed by atoms with Crippen molar-refractivity contribution in [2.75, 3.05) is 0 Å². The minimum absolute atomic E-state index is 0.0132. The van der Waals surface area contributed by atoms with Crippen LogP contribution in [0.2, 0.25) is 0 Å². The summed E-state index contributed by atoms with van der Waals surface area (Å²) in [5, 5.41) is 15.8. The van der Waals surface area contributed by atoms with Gasteiger partial charge in [0.1, 0.15) is 12.4 Å². The number of amides is 1. The smallest absolute Gasteiger partial charge is 0.242 e. The Morgan fingerprint density at radius 2 is 2.47 bits per heavy atom. The molecule has 2 heterocycles. The van der Waals surface area contributed by atoms with Gasteiger partial charge in [0, 0.05) is 4.88 Å². The second kappa shape index (κ2) is 5.05. The minimum atomic E-state index is -0.0960. The first-order valence-corrected chi connectivity index (χ1v) is 6.10. The quantitative estimate of drug-likeness (QED) is 0.877. The van der Waals surface area contributed by atoms with E-state index in [0.717, 1.165) is 4.88 Å². The van der Waals surface area contributed by atoms with E-state index in [9.17, 15) is 4.79 Å². The number of aromatic nitrogens is 4. The van der Waals surface area contributed by atoms with Crippen molar-refractivity contribution >= 4 is 17.2 Å². The van der Waals surface area contributed by atoms with Gasteiger partial charge in [-0.05, 0) is 35.7 Å². The van der Waals surface area contributed by atoms with Crippen LogP contribution in [0.5, 0.6) is 0 Å². The Kier molecular flexibility index (Phi) is 3.48. The average Bonchev–Trinajstić information content (AvgIpc) is 2.90. The van der Waals surface area contributed by atoms with Gasteiger partial charge in [0.05, 0.1) is 6.04 Å². The maximum absolute atomic E-state index is 11.7. The summed E-state index contributed by atoms with van der Waals surface area (Å²) in [7, 11) is 0. The normalized spacial score (nSPS) is 12.4. The van der Waals surface area contributed by atoms with Gasteiger partial charge in [0.15, 0.2) is 0 Å². The van der Waals surface area contributed by atoms with Crippen molar-refractivity contribution in [1.29, 1.82) is 0 Å². The van der Waals surface area contributed by atoms with E-state index in [-0.39, 0.29) is 18.5 Å². The van der Waals surface area contributed by atoms with Gasteiger partial charge in [-0.3, -0.25) is 4.79 Å². The second-order valence-corrected chi connectivity index (χ2v) is 4.67. The third-order valence-corrected chi connectivity index (χ3v) is 3.41. The van der Waals surface area contributed by atoms with Crippen LogP contribution < -0.4 is 5.32 Å². The maximum Gasteiger partial charge on any atom is 0.242 e. The van der Waals surface area contributed by atoms with E-state index in [2.05, 4.69) is 20.8 Å². The van der Waals surface area contributed by atoms with Crippen molar-refractivity contribution in [1.82, 2.24) is 25.5 Å². The van der Waals surface area contributed by atoms with E-state index in [0.29, 0.717) is 5.82 Å². The molecule has 17 heavy (non-hydrogen) atoms. The zero-order valence-electron chi connectivity index (χ0n) is 9.62. The molecule has 2 rings (SSSR count). The number of carbonyl (C=O) groups is 1. The molecular weight excluding hydrogens is 238 g/mol. The molecule has 7 heteroatoms. The molecule has 6 nitrogen and oxygen atoms in total. The first-order chi connectivity index (χ1) is 8.16. The van der Waals surface area contributed by atoms with E-state index in [1.54, 1.807) is 18.3 Å². The van der Waals surface area contributed by atoms with Gasteiger partial charge in [-0.15, -0.1) is 16.4 Å². The number of thiophene rings is 1. The van der Waals surface area contributed by atoms with Gasteiger partial charge >= 0.3 is 0 Å². The lowest BCUT2D eigenvalue weighted by Crippen LogP contribution is -2.30. The molecule has 1 amide bonds. The van der Waals surface area contributed by atoms with E-state index >= 15 is 0 Å². The topological polar surface area (TPSA) is 72.7 Å². The fraction of sp³-hybridized carbons (Fsp3) is 0.400. The van der Waals surface area contributed by atoms with Crippen LogP contribution in [0.15, 0.2) is 17.5 Å². The highest BCUT2D eigenvalue weighted by Crippen LogP contribution is 2.17. The van der Waals surface area contributed by atoms with Gasteiger partial charge in [-0.1, -0.05) is 6.07 Å². The summed E-state index contributed by atoms with van der Waals surface area (Å²) in [6.45, 7) is 3.86. The zero-order chi connectivity index (χ0) is 12.3. The summed E-state index contributed by atoms with van der Waals surface area (Å²) in [6.07, 6.45) is 0. The lowest BCUT2D eigenvalue weighted by molar-refractivity contribution is -0.122.